The molecule has 0 saturated carbocycles. The van der Waals surface area contributed by atoms with Gasteiger partial charge in [0.15, 0.2) is 0 Å². The molecule has 0 aliphatic carbocycles. The zero-order chi connectivity index (χ0) is 7.56. The molecule has 1 aromatic carbocycles. The van der Waals surface area contributed by atoms with Gasteiger partial charge < -0.3 is 4.90 Å². The number of rotatable bonds is 1. The Morgan fingerprint density at radius 3 is 2.36 bits per heavy atom. The molecule has 1 nitrogen and oxygen atoms in total. The molecular formula is C9H12LiN. The Morgan fingerprint density at radius 1 is 1.36 bits per heavy atom. The fraction of sp³-hybridized carbons (Fsp3) is 0.333. The van der Waals surface area contributed by atoms with E-state index < -0.39 is 0 Å². The summed E-state index contributed by atoms with van der Waals surface area (Å²) in [6.07, 6.45) is 0. The predicted octanol–water partition coefficient (Wildman–Crippen LogP) is -1.13. The van der Waals surface area contributed by atoms with Crippen molar-refractivity contribution in [2.75, 3.05) is 19.0 Å². The second-order valence-corrected chi connectivity index (χ2v) is 2.65. The van der Waals surface area contributed by atoms with E-state index in [9.17, 15) is 0 Å². The summed E-state index contributed by atoms with van der Waals surface area (Å²) >= 11 is 0. The Morgan fingerprint density at radius 2 is 2.00 bits per heavy atom. The first-order valence-corrected chi connectivity index (χ1v) is 3.36. The molecule has 0 amide bonds. The molecule has 0 saturated heterocycles. The van der Waals surface area contributed by atoms with Crippen molar-refractivity contribution < 1.29 is 18.9 Å². The van der Waals surface area contributed by atoms with Crippen molar-refractivity contribution >= 4 is 5.69 Å². The van der Waals surface area contributed by atoms with Gasteiger partial charge in [-0.3, -0.25) is 0 Å². The molecule has 0 aromatic heterocycles. The molecule has 0 atom stereocenters. The van der Waals surface area contributed by atoms with E-state index in [1.165, 1.54) is 5.56 Å². The molecule has 0 radical (unpaired) electrons. The summed E-state index contributed by atoms with van der Waals surface area (Å²) < 4.78 is 0. The van der Waals surface area contributed by atoms with Crippen molar-refractivity contribution in [1.29, 1.82) is 0 Å². The normalized spacial score (nSPS) is 8.64. The third-order valence-electron chi connectivity index (χ3n) is 1.42. The van der Waals surface area contributed by atoms with Gasteiger partial charge in [0.25, 0.3) is 0 Å². The second kappa shape index (κ2) is 4.49. The Balaban J connectivity index is 0.000001000. The summed E-state index contributed by atoms with van der Waals surface area (Å²) in [4.78, 5) is 2.05. The molecule has 0 N–H and O–H groups in total. The fourth-order valence-corrected chi connectivity index (χ4v) is 0.822. The van der Waals surface area contributed by atoms with E-state index in [1.54, 1.807) is 0 Å². The van der Waals surface area contributed by atoms with Crippen molar-refractivity contribution in [3.8, 4) is 0 Å². The fourth-order valence-electron chi connectivity index (χ4n) is 0.822. The van der Waals surface area contributed by atoms with Crippen molar-refractivity contribution in [2.45, 2.75) is 6.92 Å². The van der Waals surface area contributed by atoms with Gasteiger partial charge in [0.05, 0.1) is 0 Å². The summed E-state index contributed by atoms with van der Waals surface area (Å²) in [6, 6.07) is 9.24. The second-order valence-electron chi connectivity index (χ2n) is 2.65. The van der Waals surface area contributed by atoms with Crippen molar-refractivity contribution in [1.82, 2.24) is 0 Å². The zero-order valence-corrected chi connectivity index (χ0v) is 7.68. The van der Waals surface area contributed by atoms with Crippen LogP contribution in [-0.4, -0.2) is 14.1 Å². The van der Waals surface area contributed by atoms with Gasteiger partial charge in [-0.2, -0.15) is 23.8 Å². The monoisotopic (exact) mass is 141 g/mol. The Bertz CT molecular complexity index is 221. The standard InChI is InChI=1S/C9H12N.Li/c1-8-5-4-6-9(7-8)10(2)3;/h4-5,7H,1-3H3;/q-1;+1. The predicted molar refractivity (Wildman–Crippen MR) is 44.3 cm³/mol. The van der Waals surface area contributed by atoms with Crippen LogP contribution in [0.15, 0.2) is 18.2 Å². The number of aryl methyl sites for hydroxylation is 1. The van der Waals surface area contributed by atoms with Crippen LogP contribution in [0.25, 0.3) is 0 Å². The van der Waals surface area contributed by atoms with Gasteiger partial charge in [0, 0.05) is 14.1 Å². The van der Waals surface area contributed by atoms with Crippen LogP contribution in [0, 0.1) is 13.0 Å². The first kappa shape index (κ1) is 10.6. The molecule has 1 rings (SSSR count). The summed E-state index contributed by atoms with van der Waals surface area (Å²) in [5.41, 5.74) is 2.42. The van der Waals surface area contributed by atoms with Gasteiger partial charge in [-0.25, -0.2) is 0 Å². The van der Waals surface area contributed by atoms with E-state index in [0.29, 0.717) is 0 Å². The van der Waals surface area contributed by atoms with Crippen LogP contribution < -0.4 is 23.8 Å². The number of hydrogen-bond donors (Lipinski definition) is 0. The maximum atomic E-state index is 3.13. The number of nitrogens with zero attached hydrogens (tertiary/aromatic N) is 1. The molecule has 0 fully saturated rings. The van der Waals surface area contributed by atoms with Crippen LogP contribution in [-0.2, 0) is 0 Å². The van der Waals surface area contributed by atoms with Crippen LogP contribution in [0.1, 0.15) is 5.56 Å². The SMILES string of the molecule is Cc1cc[c-]c(N(C)C)c1.[Li+]. The van der Waals surface area contributed by atoms with E-state index in [4.69, 9.17) is 0 Å². The minimum absolute atomic E-state index is 0. The molecule has 0 bridgehead atoms. The maximum absolute atomic E-state index is 3.13. The van der Waals surface area contributed by atoms with Crippen molar-refractivity contribution in [2.24, 2.45) is 0 Å². The van der Waals surface area contributed by atoms with Gasteiger partial charge >= 0.3 is 18.9 Å². The molecule has 1 aromatic rings. The molecule has 0 aliphatic rings. The van der Waals surface area contributed by atoms with Crippen LogP contribution in [0.2, 0.25) is 0 Å². The topological polar surface area (TPSA) is 3.24 Å². The van der Waals surface area contributed by atoms with Gasteiger partial charge in [0.1, 0.15) is 0 Å². The van der Waals surface area contributed by atoms with E-state index in [0.717, 1.165) is 5.69 Å². The Hall–Kier alpha value is -0.383. The molecular weight excluding hydrogens is 129 g/mol. The first-order chi connectivity index (χ1) is 4.70. The van der Waals surface area contributed by atoms with Crippen LogP contribution in [0.3, 0.4) is 0 Å². The molecule has 0 unspecified atom stereocenters. The minimum Gasteiger partial charge on any atom is -0.400 e. The van der Waals surface area contributed by atoms with Crippen LogP contribution >= 0.6 is 0 Å². The third-order valence-corrected chi connectivity index (χ3v) is 1.42. The average Bonchev–Trinajstić information content (AvgIpc) is 1.88. The first-order valence-electron chi connectivity index (χ1n) is 3.36. The molecule has 54 valence electrons. The van der Waals surface area contributed by atoms with Gasteiger partial charge in [0.2, 0.25) is 0 Å². The smallest absolute Gasteiger partial charge is 0.400 e. The quantitative estimate of drug-likeness (QED) is 0.353. The maximum Gasteiger partial charge on any atom is 1.00 e. The van der Waals surface area contributed by atoms with E-state index >= 15 is 0 Å². The molecule has 11 heavy (non-hydrogen) atoms. The number of benzene rings is 1. The summed E-state index contributed by atoms with van der Waals surface area (Å²) in [5, 5.41) is 0. The minimum atomic E-state index is 0. The molecule has 0 spiro atoms. The zero-order valence-electron chi connectivity index (χ0n) is 7.68. The number of hydrogen-bond acceptors (Lipinski definition) is 1. The Kier molecular flexibility index (Phi) is 4.33. The van der Waals surface area contributed by atoms with E-state index in [2.05, 4.69) is 19.1 Å². The molecule has 0 heterocycles. The number of anilines is 1. The largest absolute Gasteiger partial charge is 1.00 e. The summed E-state index contributed by atoms with van der Waals surface area (Å²) in [7, 11) is 4.04. The van der Waals surface area contributed by atoms with Gasteiger partial charge in [-0.15, -0.1) is 6.07 Å². The summed E-state index contributed by atoms with van der Waals surface area (Å²) in [6.45, 7) is 2.08. The van der Waals surface area contributed by atoms with E-state index in [-0.39, 0.29) is 18.9 Å². The molecule has 2 heteroatoms. The van der Waals surface area contributed by atoms with Crippen LogP contribution in [0.4, 0.5) is 5.69 Å². The van der Waals surface area contributed by atoms with Crippen molar-refractivity contribution in [3.63, 3.8) is 0 Å². The third kappa shape index (κ3) is 3.01. The Labute approximate surface area is 80.6 Å². The van der Waals surface area contributed by atoms with Gasteiger partial charge in [-0.1, -0.05) is 12.6 Å². The van der Waals surface area contributed by atoms with Gasteiger partial charge in [-0.05, 0) is 0 Å². The van der Waals surface area contributed by atoms with Crippen LogP contribution in [0.5, 0.6) is 0 Å². The van der Waals surface area contributed by atoms with E-state index in [1.807, 2.05) is 31.1 Å². The van der Waals surface area contributed by atoms with Crippen molar-refractivity contribution in [3.05, 3.63) is 29.8 Å². The molecule has 0 aliphatic heterocycles. The summed E-state index contributed by atoms with van der Waals surface area (Å²) in [5.74, 6) is 0. The average molecular weight is 141 g/mol.